The summed E-state index contributed by atoms with van der Waals surface area (Å²) < 4.78 is 58.6. The molecule has 3 aromatic carbocycles. The molecular formula is C27H20F4N6O2. The van der Waals surface area contributed by atoms with E-state index in [0.717, 1.165) is 17.7 Å². The first-order valence-corrected chi connectivity index (χ1v) is 11.6. The zero-order valence-corrected chi connectivity index (χ0v) is 20.3. The number of nitrogen functional groups attached to an aromatic ring is 1. The molecule has 0 amide bonds. The number of hydrogen-bond donors (Lipinski definition) is 3. The van der Waals surface area contributed by atoms with Crippen LogP contribution in [0.5, 0.6) is 11.6 Å². The van der Waals surface area contributed by atoms with Crippen LogP contribution in [0.1, 0.15) is 24.1 Å². The summed E-state index contributed by atoms with van der Waals surface area (Å²) in [7, 11) is 0. The molecular weight excluding hydrogens is 516 g/mol. The summed E-state index contributed by atoms with van der Waals surface area (Å²) >= 11 is 0. The Morgan fingerprint density at radius 3 is 2.38 bits per heavy atom. The van der Waals surface area contributed by atoms with Crippen molar-refractivity contribution in [2.45, 2.75) is 19.1 Å². The molecule has 0 saturated heterocycles. The van der Waals surface area contributed by atoms with E-state index >= 15 is 0 Å². The molecule has 12 heteroatoms. The van der Waals surface area contributed by atoms with Crippen molar-refractivity contribution in [2.75, 3.05) is 11.1 Å². The average molecular weight is 536 g/mol. The summed E-state index contributed by atoms with van der Waals surface area (Å²) in [6.45, 7) is 1.82. The fourth-order valence-corrected chi connectivity index (χ4v) is 3.84. The summed E-state index contributed by atoms with van der Waals surface area (Å²) in [4.78, 5) is 27.5. The number of rotatable bonds is 6. The number of fused-ring (bicyclic) bond motifs is 1. The van der Waals surface area contributed by atoms with Crippen LogP contribution in [0.2, 0.25) is 0 Å². The van der Waals surface area contributed by atoms with E-state index in [1.807, 2.05) is 6.92 Å². The number of halogens is 4. The van der Waals surface area contributed by atoms with Crippen LogP contribution in [-0.4, -0.2) is 19.9 Å². The van der Waals surface area contributed by atoms with Gasteiger partial charge in [0.25, 0.3) is 5.56 Å². The van der Waals surface area contributed by atoms with Gasteiger partial charge in [0.2, 0.25) is 11.8 Å². The van der Waals surface area contributed by atoms with Crippen LogP contribution in [0.15, 0.2) is 77.6 Å². The Bertz CT molecular complexity index is 1700. The second-order valence-corrected chi connectivity index (χ2v) is 8.61. The number of benzene rings is 3. The van der Waals surface area contributed by atoms with Gasteiger partial charge in [0.05, 0.1) is 22.8 Å². The molecule has 0 saturated carbocycles. The number of aromatic amines is 1. The molecule has 0 aliphatic carbocycles. The van der Waals surface area contributed by atoms with Crippen molar-refractivity contribution in [1.82, 2.24) is 19.9 Å². The SMILES string of the molecule is C[C@@H](Nc1nc(Oc2cccc3[nH]c(=O)c(N)nc23)cc(-c2ccc(C(F)(F)F)cc2)n1)c1ccc(F)cc1. The predicted octanol–water partition coefficient (Wildman–Crippen LogP) is 6.09. The minimum Gasteiger partial charge on any atom is -0.436 e. The third kappa shape index (κ3) is 5.64. The van der Waals surface area contributed by atoms with Gasteiger partial charge in [0.15, 0.2) is 11.6 Å². The van der Waals surface area contributed by atoms with E-state index in [9.17, 15) is 22.4 Å². The maximum Gasteiger partial charge on any atom is 0.416 e. The molecule has 0 spiro atoms. The molecule has 0 fully saturated rings. The predicted molar refractivity (Wildman–Crippen MR) is 138 cm³/mol. The van der Waals surface area contributed by atoms with Gasteiger partial charge in [-0.2, -0.15) is 18.2 Å². The van der Waals surface area contributed by atoms with Gasteiger partial charge in [-0.05, 0) is 48.9 Å². The van der Waals surface area contributed by atoms with Crippen molar-refractivity contribution in [3.8, 4) is 22.9 Å². The van der Waals surface area contributed by atoms with Crippen LogP contribution in [0.4, 0.5) is 29.3 Å². The van der Waals surface area contributed by atoms with E-state index in [2.05, 4.69) is 25.3 Å². The van der Waals surface area contributed by atoms with E-state index < -0.39 is 17.3 Å². The number of aromatic nitrogens is 4. The van der Waals surface area contributed by atoms with Crippen molar-refractivity contribution in [1.29, 1.82) is 0 Å². The molecule has 39 heavy (non-hydrogen) atoms. The molecule has 0 aliphatic rings. The van der Waals surface area contributed by atoms with Crippen LogP contribution in [0.25, 0.3) is 22.3 Å². The second-order valence-electron chi connectivity index (χ2n) is 8.61. The maximum absolute atomic E-state index is 13.4. The van der Waals surface area contributed by atoms with Crippen molar-refractivity contribution < 1.29 is 22.3 Å². The molecule has 0 unspecified atom stereocenters. The van der Waals surface area contributed by atoms with Gasteiger partial charge in [0, 0.05) is 11.6 Å². The number of ether oxygens (including phenoxy) is 1. The lowest BCUT2D eigenvalue weighted by Crippen LogP contribution is -2.14. The van der Waals surface area contributed by atoms with Crippen molar-refractivity contribution in [3.05, 3.63) is 100 Å². The number of nitrogens with one attached hydrogen (secondary N) is 2. The molecule has 0 aliphatic heterocycles. The Balaban J connectivity index is 1.55. The quantitative estimate of drug-likeness (QED) is 0.225. The molecule has 2 aromatic heterocycles. The van der Waals surface area contributed by atoms with Gasteiger partial charge in [-0.1, -0.05) is 30.3 Å². The van der Waals surface area contributed by atoms with E-state index in [1.165, 1.54) is 30.3 Å². The van der Waals surface area contributed by atoms with Crippen LogP contribution in [0.3, 0.4) is 0 Å². The zero-order valence-electron chi connectivity index (χ0n) is 20.3. The van der Waals surface area contributed by atoms with Crippen LogP contribution >= 0.6 is 0 Å². The Kier molecular flexibility index (Phi) is 6.60. The maximum atomic E-state index is 13.4. The van der Waals surface area contributed by atoms with Crippen LogP contribution in [0, 0.1) is 5.82 Å². The highest BCUT2D eigenvalue weighted by molar-refractivity contribution is 5.82. The van der Waals surface area contributed by atoms with Gasteiger partial charge < -0.3 is 20.8 Å². The van der Waals surface area contributed by atoms with Gasteiger partial charge in [-0.15, -0.1) is 0 Å². The third-order valence-corrected chi connectivity index (χ3v) is 5.85. The Hall–Kier alpha value is -5.00. The fourth-order valence-electron chi connectivity index (χ4n) is 3.84. The highest BCUT2D eigenvalue weighted by Gasteiger charge is 2.30. The van der Waals surface area contributed by atoms with E-state index in [0.29, 0.717) is 11.1 Å². The van der Waals surface area contributed by atoms with Gasteiger partial charge >= 0.3 is 6.18 Å². The lowest BCUT2D eigenvalue weighted by atomic mass is 10.1. The molecule has 8 nitrogen and oxygen atoms in total. The third-order valence-electron chi connectivity index (χ3n) is 5.85. The normalized spacial score (nSPS) is 12.3. The lowest BCUT2D eigenvalue weighted by molar-refractivity contribution is -0.137. The molecule has 2 heterocycles. The standard InChI is InChI=1S/C27H20F4N6O2/c1-14(15-7-11-18(28)12-8-15)33-26-35-20(16-5-9-17(10-6-16)27(29,30)31)13-22(36-26)39-21-4-2-3-19-23(21)37-24(32)25(38)34-19/h2-14H,1H3,(H2,32,37)(H,34,38)(H,33,35,36)/t14-/m1/s1. The topological polar surface area (TPSA) is 119 Å². The first-order chi connectivity index (χ1) is 18.6. The highest BCUT2D eigenvalue weighted by Crippen LogP contribution is 2.33. The fraction of sp³-hybridized carbons (Fsp3) is 0.111. The van der Waals surface area contributed by atoms with E-state index in [4.69, 9.17) is 10.5 Å². The first kappa shape index (κ1) is 25.6. The average Bonchev–Trinajstić information content (AvgIpc) is 2.89. The molecule has 0 bridgehead atoms. The van der Waals surface area contributed by atoms with Gasteiger partial charge in [-0.25, -0.2) is 14.4 Å². The molecule has 5 rings (SSSR count). The molecule has 5 aromatic rings. The summed E-state index contributed by atoms with van der Waals surface area (Å²) in [5.41, 5.74) is 6.41. The number of nitrogens with zero attached hydrogens (tertiary/aromatic N) is 3. The smallest absolute Gasteiger partial charge is 0.416 e. The summed E-state index contributed by atoms with van der Waals surface area (Å²) in [6, 6.07) is 16.3. The van der Waals surface area contributed by atoms with Crippen LogP contribution < -0.4 is 21.3 Å². The number of alkyl halides is 3. The minimum atomic E-state index is -4.49. The van der Waals surface area contributed by atoms with Crippen molar-refractivity contribution in [3.63, 3.8) is 0 Å². The summed E-state index contributed by atoms with van der Waals surface area (Å²) in [5.74, 6) is -0.242. The minimum absolute atomic E-state index is 0.0489. The monoisotopic (exact) mass is 536 g/mol. The number of anilines is 2. The number of H-pyrrole nitrogens is 1. The van der Waals surface area contributed by atoms with E-state index in [1.54, 1.807) is 30.3 Å². The second kappa shape index (κ2) is 10.0. The van der Waals surface area contributed by atoms with Gasteiger partial charge in [0.1, 0.15) is 11.3 Å². The lowest BCUT2D eigenvalue weighted by Gasteiger charge is -2.16. The van der Waals surface area contributed by atoms with Crippen LogP contribution in [-0.2, 0) is 6.18 Å². The molecule has 0 radical (unpaired) electrons. The van der Waals surface area contributed by atoms with Crippen molar-refractivity contribution in [2.24, 2.45) is 0 Å². The molecule has 4 N–H and O–H groups in total. The Morgan fingerprint density at radius 1 is 0.974 bits per heavy atom. The zero-order chi connectivity index (χ0) is 27.7. The largest absolute Gasteiger partial charge is 0.436 e. The number of para-hydroxylation sites is 1. The van der Waals surface area contributed by atoms with Gasteiger partial charge in [-0.3, -0.25) is 4.79 Å². The first-order valence-electron chi connectivity index (χ1n) is 11.6. The number of nitrogens with two attached hydrogens (primary N) is 1. The van der Waals surface area contributed by atoms with E-state index in [-0.39, 0.29) is 46.5 Å². The molecule has 1 atom stereocenters. The Morgan fingerprint density at radius 2 is 1.69 bits per heavy atom. The Labute approximate surface area is 218 Å². The summed E-state index contributed by atoms with van der Waals surface area (Å²) in [5, 5.41) is 3.12. The highest BCUT2D eigenvalue weighted by atomic mass is 19.4. The van der Waals surface area contributed by atoms with Crippen molar-refractivity contribution >= 4 is 22.8 Å². The molecule has 198 valence electrons. The number of hydrogen-bond acceptors (Lipinski definition) is 7. The summed E-state index contributed by atoms with van der Waals surface area (Å²) in [6.07, 6.45) is -4.49.